The molecular formula is C24H34O17. The van der Waals surface area contributed by atoms with E-state index in [0.29, 0.717) is 0 Å². The monoisotopic (exact) mass is 594 g/mol. The van der Waals surface area contributed by atoms with E-state index in [1.165, 1.54) is 0 Å². The third-order valence-electron chi connectivity index (χ3n) is 5.63. The summed E-state index contributed by atoms with van der Waals surface area (Å²) in [4.78, 5) is 70.6. The molecule has 0 saturated carbocycles. The highest BCUT2D eigenvalue weighted by Gasteiger charge is 2.56. The zero-order chi connectivity index (χ0) is 31.0. The fraction of sp³-hybridized carbons (Fsp3) is 0.750. The highest BCUT2D eigenvalue weighted by Crippen LogP contribution is 2.33. The lowest BCUT2D eigenvalue weighted by Crippen LogP contribution is -2.66. The van der Waals surface area contributed by atoms with Crippen molar-refractivity contribution in [3.63, 3.8) is 0 Å². The number of aliphatic hydroxyl groups excluding tert-OH is 2. The zero-order valence-electron chi connectivity index (χ0n) is 23.2. The Morgan fingerprint density at radius 1 is 0.537 bits per heavy atom. The van der Waals surface area contributed by atoms with E-state index in [1.807, 2.05) is 0 Å². The number of esters is 6. The third-order valence-corrected chi connectivity index (χ3v) is 5.63. The summed E-state index contributed by atoms with van der Waals surface area (Å²) in [5.41, 5.74) is 0. The number of hydrogen-bond donors (Lipinski definition) is 2. The molecule has 0 amide bonds. The molecule has 232 valence electrons. The summed E-state index contributed by atoms with van der Waals surface area (Å²) >= 11 is 0. The van der Waals surface area contributed by atoms with Crippen LogP contribution < -0.4 is 0 Å². The Labute approximate surface area is 234 Å². The predicted molar refractivity (Wildman–Crippen MR) is 126 cm³/mol. The minimum atomic E-state index is -1.88. The molecule has 2 fully saturated rings. The van der Waals surface area contributed by atoms with Gasteiger partial charge in [-0.25, -0.2) is 0 Å². The van der Waals surface area contributed by atoms with Crippen molar-refractivity contribution in [3.8, 4) is 0 Å². The fourth-order valence-electron chi connectivity index (χ4n) is 4.17. The Morgan fingerprint density at radius 2 is 0.976 bits per heavy atom. The van der Waals surface area contributed by atoms with Crippen molar-refractivity contribution >= 4 is 35.8 Å². The molecule has 0 aromatic heterocycles. The SMILES string of the molecule is CC(=O)OCC1O[C@H](O[C@@H]2C(COC(C)=O)O[C@@H](O)C(OC(C)=O)[C@H]2OC(C)=O)C(OC(C)=O)[C@@H](OC(C)=O)[C@@H]1O. The van der Waals surface area contributed by atoms with Crippen LogP contribution in [-0.2, 0) is 71.4 Å². The molecule has 41 heavy (non-hydrogen) atoms. The van der Waals surface area contributed by atoms with Gasteiger partial charge in [0.25, 0.3) is 0 Å². The molecule has 0 radical (unpaired) electrons. The molecule has 0 bridgehead atoms. The largest absolute Gasteiger partial charge is 0.463 e. The maximum atomic E-state index is 12.0. The van der Waals surface area contributed by atoms with E-state index in [2.05, 4.69) is 0 Å². The van der Waals surface area contributed by atoms with Gasteiger partial charge in [-0.15, -0.1) is 0 Å². The maximum Gasteiger partial charge on any atom is 0.303 e. The van der Waals surface area contributed by atoms with Gasteiger partial charge < -0.3 is 52.8 Å². The van der Waals surface area contributed by atoms with Crippen LogP contribution in [0, 0.1) is 0 Å². The van der Waals surface area contributed by atoms with E-state index >= 15 is 0 Å². The van der Waals surface area contributed by atoms with Crippen LogP contribution in [0.3, 0.4) is 0 Å². The van der Waals surface area contributed by atoms with Gasteiger partial charge in [0.05, 0.1) is 0 Å². The predicted octanol–water partition coefficient (Wildman–Crippen LogP) is -1.97. The van der Waals surface area contributed by atoms with Gasteiger partial charge in [-0.1, -0.05) is 0 Å². The van der Waals surface area contributed by atoms with Crippen molar-refractivity contribution in [1.82, 2.24) is 0 Å². The van der Waals surface area contributed by atoms with Gasteiger partial charge in [0.15, 0.2) is 37.0 Å². The number of rotatable bonds is 10. The van der Waals surface area contributed by atoms with Crippen molar-refractivity contribution < 1.29 is 81.6 Å². The second-order valence-corrected chi connectivity index (χ2v) is 9.10. The number of carbonyl (C=O) groups is 6. The Balaban J connectivity index is 2.57. The molecule has 17 heteroatoms. The summed E-state index contributed by atoms with van der Waals surface area (Å²) in [5.74, 6) is -5.07. The molecule has 2 rings (SSSR count). The van der Waals surface area contributed by atoms with E-state index in [1.54, 1.807) is 0 Å². The van der Waals surface area contributed by atoms with Crippen molar-refractivity contribution in [2.75, 3.05) is 13.2 Å². The molecule has 0 aromatic carbocycles. The minimum Gasteiger partial charge on any atom is -0.463 e. The second kappa shape index (κ2) is 15.0. The first-order valence-electron chi connectivity index (χ1n) is 12.4. The van der Waals surface area contributed by atoms with Crippen LogP contribution in [0.5, 0.6) is 0 Å². The minimum absolute atomic E-state index is 0.554. The van der Waals surface area contributed by atoms with Crippen molar-refractivity contribution in [2.45, 2.75) is 103 Å². The lowest BCUT2D eigenvalue weighted by molar-refractivity contribution is -0.357. The molecule has 2 N–H and O–H groups in total. The van der Waals surface area contributed by atoms with Crippen LogP contribution in [0.4, 0.5) is 0 Å². The summed E-state index contributed by atoms with van der Waals surface area (Å²) in [6.45, 7) is 5.14. The highest BCUT2D eigenvalue weighted by molar-refractivity contribution is 5.68. The number of hydrogen-bond acceptors (Lipinski definition) is 17. The van der Waals surface area contributed by atoms with Crippen molar-refractivity contribution in [2.24, 2.45) is 0 Å². The van der Waals surface area contributed by atoms with Gasteiger partial charge in [0, 0.05) is 41.5 Å². The molecule has 17 nitrogen and oxygen atoms in total. The zero-order valence-corrected chi connectivity index (χ0v) is 23.2. The molecule has 0 aromatic rings. The Kier molecular flexibility index (Phi) is 12.4. The lowest BCUT2D eigenvalue weighted by atomic mass is 9.96. The standard InChI is InChI=1S/C24H34O17/c1-9(25)33-7-15-17(31)19(35-11(3)27)22(38-14(6)30)24(40-15)41-18-16(8-34-10(2)26)39-23(32)21(37-13(5)29)20(18)36-12(4)28/h15-24,31-32H,7-8H2,1-6H3/t15?,16?,17-,18-,19+,20+,21?,22?,23-,24-/m1/s1. The van der Waals surface area contributed by atoms with Crippen molar-refractivity contribution in [3.05, 3.63) is 0 Å². The summed E-state index contributed by atoms with van der Waals surface area (Å²) in [5, 5.41) is 21.4. The van der Waals surface area contributed by atoms with Gasteiger partial charge >= 0.3 is 35.8 Å². The summed E-state index contributed by atoms with van der Waals surface area (Å²) in [7, 11) is 0. The Morgan fingerprint density at radius 3 is 1.46 bits per heavy atom. The van der Waals surface area contributed by atoms with Crippen molar-refractivity contribution in [1.29, 1.82) is 0 Å². The topological polar surface area (TPSA) is 226 Å². The van der Waals surface area contributed by atoms with Crippen LogP contribution in [0.1, 0.15) is 41.5 Å². The summed E-state index contributed by atoms with van der Waals surface area (Å²) in [6.07, 6.45) is -16.3. The highest BCUT2D eigenvalue weighted by atomic mass is 16.8. The first kappa shape index (κ1) is 33.8. The van der Waals surface area contributed by atoms with Gasteiger partial charge in [0.2, 0.25) is 0 Å². The maximum absolute atomic E-state index is 12.0. The fourth-order valence-corrected chi connectivity index (χ4v) is 4.17. The molecule has 0 spiro atoms. The molecule has 10 atom stereocenters. The van der Waals surface area contributed by atoms with E-state index < -0.39 is 110 Å². The summed E-state index contributed by atoms with van der Waals surface area (Å²) < 4.78 is 48.0. The van der Waals surface area contributed by atoms with Gasteiger partial charge in [0.1, 0.15) is 37.6 Å². The smallest absolute Gasteiger partial charge is 0.303 e. The molecule has 2 aliphatic heterocycles. The first-order valence-corrected chi connectivity index (χ1v) is 12.4. The molecule has 0 aliphatic carbocycles. The average molecular weight is 595 g/mol. The number of aliphatic hydroxyl groups is 2. The molecule has 2 aliphatic rings. The third kappa shape index (κ3) is 9.89. The molecular weight excluding hydrogens is 560 g/mol. The Bertz CT molecular complexity index is 981. The molecule has 4 unspecified atom stereocenters. The van der Waals surface area contributed by atoms with Crippen LogP contribution in [0.15, 0.2) is 0 Å². The van der Waals surface area contributed by atoms with E-state index in [4.69, 9.17) is 42.6 Å². The second-order valence-electron chi connectivity index (χ2n) is 9.10. The van der Waals surface area contributed by atoms with Crippen LogP contribution in [0.25, 0.3) is 0 Å². The van der Waals surface area contributed by atoms with E-state index in [9.17, 15) is 39.0 Å². The first-order chi connectivity index (χ1) is 19.1. The Hall–Kier alpha value is -3.38. The van der Waals surface area contributed by atoms with Crippen LogP contribution in [0.2, 0.25) is 0 Å². The number of carbonyl (C=O) groups excluding carboxylic acids is 6. The van der Waals surface area contributed by atoms with Gasteiger partial charge in [-0.3, -0.25) is 28.8 Å². The average Bonchev–Trinajstić information content (AvgIpc) is 2.83. The number of ether oxygens (including phenoxy) is 9. The van der Waals surface area contributed by atoms with Crippen LogP contribution >= 0.6 is 0 Å². The molecule has 2 heterocycles. The van der Waals surface area contributed by atoms with E-state index in [0.717, 1.165) is 41.5 Å². The van der Waals surface area contributed by atoms with Gasteiger partial charge in [-0.2, -0.15) is 0 Å². The quantitative estimate of drug-likeness (QED) is 0.206. The summed E-state index contributed by atoms with van der Waals surface area (Å²) in [6, 6.07) is 0. The lowest BCUT2D eigenvalue weighted by Gasteiger charge is -2.47. The molecule has 2 saturated heterocycles. The van der Waals surface area contributed by atoms with Gasteiger partial charge in [-0.05, 0) is 0 Å². The van der Waals surface area contributed by atoms with Crippen LogP contribution in [-0.4, -0.2) is 121 Å². The van der Waals surface area contributed by atoms with E-state index in [-0.39, 0.29) is 0 Å². The normalized spacial score (nSPS) is 33.1.